The van der Waals surface area contributed by atoms with E-state index in [-0.39, 0.29) is 5.91 Å². The van der Waals surface area contributed by atoms with Gasteiger partial charge in [0.2, 0.25) is 0 Å². The fourth-order valence-corrected chi connectivity index (χ4v) is 1.85. The van der Waals surface area contributed by atoms with E-state index in [1.807, 2.05) is 37.3 Å². The molecule has 2 aromatic rings. The van der Waals surface area contributed by atoms with Gasteiger partial charge in [-0.3, -0.25) is 4.79 Å². The highest BCUT2D eigenvalue weighted by molar-refractivity contribution is 6.04. The lowest BCUT2D eigenvalue weighted by atomic mass is 10.1. The highest BCUT2D eigenvalue weighted by Gasteiger charge is 2.08. The maximum Gasteiger partial charge on any atom is 0.257 e. The number of amides is 1. The molecule has 0 saturated heterocycles. The molecule has 1 heterocycles. The quantitative estimate of drug-likeness (QED) is 0.874. The van der Waals surface area contributed by atoms with Crippen molar-refractivity contribution in [2.75, 3.05) is 17.2 Å². The fraction of sp³-hybridized carbons (Fsp3) is 0.250. The molecule has 0 bridgehead atoms. The maximum atomic E-state index is 12.1. The lowest BCUT2D eigenvalue weighted by Crippen LogP contribution is -2.14. The van der Waals surface area contributed by atoms with Crippen molar-refractivity contribution >= 4 is 17.4 Å². The summed E-state index contributed by atoms with van der Waals surface area (Å²) in [6.45, 7) is 4.94. The first-order valence-corrected chi connectivity index (χ1v) is 6.77. The average molecular weight is 269 g/mol. The smallest absolute Gasteiger partial charge is 0.257 e. The summed E-state index contributed by atoms with van der Waals surface area (Å²) in [6, 6.07) is 11.2. The molecule has 1 aromatic carbocycles. The largest absolute Gasteiger partial charge is 0.384 e. The second-order valence-corrected chi connectivity index (χ2v) is 4.63. The Morgan fingerprint density at radius 2 is 2.00 bits per heavy atom. The number of benzene rings is 1. The van der Waals surface area contributed by atoms with E-state index in [1.54, 1.807) is 12.3 Å². The second kappa shape index (κ2) is 6.70. The van der Waals surface area contributed by atoms with Crippen LogP contribution in [0.3, 0.4) is 0 Å². The van der Waals surface area contributed by atoms with Crippen LogP contribution < -0.4 is 10.6 Å². The van der Waals surface area contributed by atoms with Crippen LogP contribution in [0.15, 0.2) is 42.6 Å². The molecule has 0 atom stereocenters. The molecule has 4 nitrogen and oxygen atoms in total. The number of nitrogens with one attached hydrogen (secondary N) is 2. The highest BCUT2D eigenvalue weighted by atomic mass is 16.1. The zero-order chi connectivity index (χ0) is 14.4. The summed E-state index contributed by atoms with van der Waals surface area (Å²) in [7, 11) is 0. The Labute approximate surface area is 119 Å². The molecule has 2 N–H and O–H groups in total. The molecule has 0 saturated carbocycles. The van der Waals surface area contributed by atoms with E-state index in [1.165, 1.54) is 0 Å². The Morgan fingerprint density at radius 3 is 2.65 bits per heavy atom. The Bertz CT molecular complexity index is 579. The van der Waals surface area contributed by atoms with Crippen molar-refractivity contribution < 1.29 is 4.79 Å². The van der Waals surface area contributed by atoms with Crippen molar-refractivity contribution in [1.82, 2.24) is 4.98 Å². The Balaban J connectivity index is 2.03. The van der Waals surface area contributed by atoms with Crippen molar-refractivity contribution in [2.24, 2.45) is 0 Å². The zero-order valence-corrected chi connectivity index (χ0v) is 11.8. The van der Waals surface area contributed by atoms with Gasteiger partial charge < -0.3 is 10.6 Å². The lowest BCUT2D eigenvalue weighted by molar-refractivity contribution is 0.102. The fourth-order valence-electron chi connectivity index (χ4n) is 1.85. The van der Waals surface area contributed by atoms with Gasteiger partial charge in [-0.25, -0.2) is 4.98 Å². The normalized spacial score (nSPS) is 10.1. The van der Waals surface area contributed by atoms with Gasteiger partial charge in [0.25, 0.3) is 5.91 Å². The number of hydrogen-bond donors (Lipinski definition) is 2. The van der Waals surface area contributed by atoms with Gasteiger partial charge in [0.05, 0.1) is 11.9 Å². The van der Waals surface area contributed by atoms with Crippen LogP contribution >= 0.6 is 0 Å². The number of aryl methyl sites for hydroxylation is 1. The van der Waals surface area contributed by atoms with Gasteiger partial charge in [-0.2, -0.15) is 0 Å². The first kappa shape index (κ1) is 14.1. The van der Waals surface area contributed by atoms with Crippen LogP contribution in [0.4, 0.5) is 11.5 Å². The van der Waals surface area contributed by atoms with Gasteiger partial charge in [-0.15, -0.1) is 0 Å². The molecule has 1 aromatic heterocycles. The van der Waals surface area contributed by atoms with Gasteiger partial charge >= 0.3 is 0 Å². The van der Waals surface area contributed by atoms with E-state index in [0.29, 0.717) is 11.4 Å². The van der Waals surface area contributed by atoms with E-state index in [0.717, 1.165) is 24.2 Å². The minimum absolute atomic E-state index is 0.134. The molecule has 4 heteroatoms. The van der Waals surface area contributed by atoms with Crippen LogP contribution in [-0.2, 0) is 0 Å². The van der Waals surface area contributed by atoms with Crippen molar-refractivity contribution in [3.63, 3.8) is 0 Å². The van der Waals surface area contributed by atoms with Crippen LogP contribution in [0.1, 0.15) is 29.3 Å². The van der Waals surface area contributed by atoms with Crippen molar-refractivity contribution in [3.05, 3.63) is 53.7 Å². The molecule has 20 heavy (non-hydrogen) atoms. The second-order valence-electron chi connectivity index (χ2n) is 4.63. The molecule has 0 unspecified atom stereocenters. The first-order valence-electron chi connectivity index (χ1n) is 6.77. The topological polar surface area (TPSA) is 54.0 Å². The lowest BCUT2D eigenvalue weighted by Gasteiger charge is -2.08. The zero-order valence-electron chi connectivity index (χ0n) is 11.8. The molecular weight excluding hydrogens is 250 g/mol. The highest BCUT2D eigenvalue weighted by Crippen LogP contribution is 2.13. The number of aromatic nitrogens is 1. The van der Waals surface area contributed by atoms with E-state index >= 15 is 0 Å². The first-order chi connectivity index (χ1) is 9.70. The molecule has 0 fully saturated rings. The number of rotatable bonds is 5. The van der Waals surface area contributed by atoms with Crippen molar-refractivity contribution in [1.29, 1.82) is 0 Å². The minimum atomic E-state index is -0.134. The van der Waals surface area contributed by atoms with E-state index in [9.17, 15) is 4.79 Å². The number of hydrogen-bond acceptors (Lipinski definition) is 3. The molecule has 2 rings (SSSR count). The monoisotopic (exact) mass is 269 g/mol. The van der Waals surface area contributed by atoms with E-state index in [4.69, 9.17) is 0 Å². The molecule has 0 aliphatic rings. The van der Waals surface area contributed by atoms with Gasteiger partial charge in [0.1, 0.15) is 5.82 Å². The van der Waals surface area contributed by atoms with Gasteiger partial charge in [0.15, 0.2) is 0 Å². The third-order valence-corrected chi connectivity index (χ3v) is 2.97. The van der Waals surface area contributed by atoms with Crippen molar-refractivity contribution in [2.45, 2.75) is 20.3 Å². The van der Waals surface area contributed by atoms with Crippen LogP contribution in [0.5, 0.6) is 0 Å². The summed E-state index contributed by atoms with van der Waals surface area (Å²) >= 11 is 0. The third kappa shape index (κ3) is 3.57. The minimum Gasteiger partial charge on any atom is -0.384 e. The SMILES string of the molecule is CCCNc1ccc(NC(=O)c2ccccc2C)nc1. The van der Waals surface area contributed by atoms with Crippen molar-refractivity contribution in [3.8, 4) is 0 Å². The predicted octanol–water partition coefficient (Wildman–Crippen LogP) is 3.46. The van der Waals surface area contributed by atoms with Crippen LogP contribution in [0.2, 0.25) is 0 Å². The summed E-state index contributed by atoms with van der Waals surface area (Å²) in [4.78, 5) is 16.4. The number of pyridine rings is 1. The van der Waals surface area contributed by atoms with E-state index in [2.05, 4.69) is 22.5 Å². The predicted molar refractivity (Wildman–Crippen MR) is 82.1 cm³/mol. The summed E-state index contributed by atoms with van der Waals surface area (Å²) < 4.78 is 0. The number of anilines is 2. The Morgan fingerprint density at radius 1 is 1.20 bits per heavy atom. The summed E-state index contributed by atoms with van der Waals surface area (Å²) in [6.07, 6.45) is 2.79. The standard InChI is InChI=1S/C16H19N3O/c1-3-10-17-13-8-9-15(18-11-13)19-16(20)14-7-5-4-6-12(14)2/h4-9,11,17H,3,10H2,1-2H3,(H,18,19,20). The molecule has 0 aliphatic heterocycles. The number of nitrogens with zero attached hydrogens (tertiary/aromatic N) is 1. The molecule has 0 spiro atoms. The van der Waals surface area contributed by atoms with Gasteiger partial charge in [0, 0.05) is 12.1 Å². The number of carbonyl (C=O) groups is 1. The third-order valence-electron chi connectivity index (χ3n) is 2.97. The van der Waals surface area contributed by atoms with Crippen LogP contribution in [0, 0.1) is 6.92 Å². The molecular formula is C16H19N3O. The van der Waals surface area contributed by atoms with Gasteiger partial charge in [-0.1, -0.05) is 25.1 Å². The number of carbonyl (C=O) groups excluding carboxylic acids is 1. The van der Waals surface area contributed by atoms with Gasteiger partial charge in [-0.05, 0) is 37.1 Å². The molecule has 1 amide bonds. The molecule has 0 radical (unpaired) electrons. The molecule has 0 aliphatic carbocycles. The summed E-state index contributed by atoms with van der Waals surface area (Å²) in [5.41, 5.74) is 2.58. The average Bonchev–Trinajstić information content (AvgIpc) is 2.47. The summed E-state index contributed by atoms with van der Waals surface area (Å²) in [5, 5.41) is 6.04. The Hall–Kier alpha value is -2.36. The molecule has 104 valence electrons. The van der Waals surface area contributed by atoms with Crippen LogP contribution in [-0.4, -0.2) is 17.4 Å². The van der Waals surface area contributed by atoms with Crippen LogP contribution in [0.25, 0.3) is 0 Å². The summed E-state index contributed by atoms with van der Waals surface area (Å²) in [5.74, 6) is 0.421. The van der Waals surface area contributed by atoms with E-state index < -0.39 is 0 Å². The Kier molecular flexibility index (Phi) is 4.71. The maximum absolute atomic E-state index is 12.1.